The highest BCUT2D eigenvalue weighted by atomic mass is 32.1. The Morgan fingerprint density at radius 3 is 2.81 bits per heavy atom. The van der Waals surface area contributed by atoms with E-state index in [1.165, 1.54) is 4.88 Å². The summed E-state index contributed by atoms with van der Waals surface area (Å²) < 4.78 is 5.34. The predicted molar refractivity (Wildman–Crippen MR) is 77.7 cm³/mol. The molecule has 0 saturated carbocycles. The molecule has 0 spiro atoms. The highest BCUT2D eigenvalue weighted by Crippen LogP contribution is 2.28. The van der Waals surface area contributed by atoms with E-state index in [1.807, 2.05) is 0 Å². The van der Waals surface area contributed by atoms with Crippen LogP contribution in [-0.2, 0) is 6.54 Å². The van der Waals surface area contributed by atoms with E-state index < -0.39 is 0 Å². The van der Waals surface area contributed by atoms with E-state index >= 15 is 0 Å². The zero-order chi connectivity index (χ0) is 14.1. The van der Waals surface area contributed by atoms with Crippen molar-refractivity contribution >= 4 is 11.3 Å². The standard InChI is InChI=1S/C14H13N5OS/c1-3-11(21-6-1)9-19-7-10(8-19)14-17-13(18-20-14)12-15-4-2-5-16-12/h1-6,10H,7-9H2. The van der Waals surface area contributed by atoms with Crippen LogP contribution in [0.3, 0.4) is 0 Å². The first-order valence-electron chi connectivity index (χ1n) is 6.74. The molecule has 1 aliphatic heterocycles. The number of thiophene rings is 1. The van der Waals surface area contributed by atoms with Crippen LogP contribution in [0, 0.1) is 0 Å². The molecule has 106 valence electrons. The van der Waals surface area contributed by atoms with E-state index in [1.54, 1.807) is 29.8 Å². The molecule has 0 aliphatic carbocycles. The van der Waals surface area contributed by atoms with Crippen LogP contribution in [0.25, 0.3) is 11.6 Å². The lowest BCUT2D eigenvalue weighted by Gasteiger charge is -2.36. The van der Waals surface area contributed by atoms with Crippen LogP contribution in [-0.4, -0.2) is 38.1 Å². The molecule has 0 radical (unpaired) electrons. The lowest BCUT2D eigenvalue weighted by atomic mass is 10.0. The van der Waals surface area contributed by atoms with Gasteiger partial charge in [-0.2, -0.15) is 4.98 Å². The third-order valence-electron chi connectivity index (χ3n) is 3.47. The van der Waals surface area contributed by atoms with Crippen molar-refractivity contribution in [3.05, 3.63) is 46.7 Å². The third-order valence-corrected chi connectivity index (χ3v) is 4.33. The number of hydrogen-bond donors (Lipinski definition) is 0. The second kappa shape index (κ2) is 5.34. The molecule has 0 unspecified atom stereocenters. The van der Waals surface area contributed by atoms with Crippen LogP contribution in [0.15, 0.2) is 40.5 Å². The fourth-order valence-corrected chi connectivity index (χ4v) is 3.13. The Hall–Kier alpha value is -2.12. The van der Waals surface area contributed by atoms with Gasteiger partial charge in [0.05, 0.1) is 5.92 Å². The highest BCUT2D eigenvalue weighted by Gasteiger charge is 2.32. The van der Waals surface area contributed by atoms with E-state index in [-0.39, 0.29) is 0 Å². The fraction of sp³-hybridized carbons (Fsp3) is 0.286. The van der Waals surface area contributed by atoms with E-state index in [4.69, 9.17) is 4.52 Å². The first-order chi connectivity index (χ1) is 10.4. The second-order valence-electron chi connectivity index (χ2n) is 5.00. The summed E-state index contributed by atoms with van der Waals surface area (Å²) in [7, 11) is 0. The van der Waals surface area contributed by atoms with Gasteiger partial charge in [-0.15, -0.1) is 11.3 Å². The number of hydrogen-bond acceptors (Lipinski definition) is 7. The van der Waals surface area contributed by atoms with Gasteiger partial charge < -0.3 is 4.52 Å². The molecule has 1 aliphatic rings. The molecule has 0 atom stereocenters. The molecular weight excluding hydrogens is 286 g/mol. The van der Waals surface area contributed by atoms with Gasteiger partial charge in [-0.25, -0.2) is 9.97 Å². The summed E-state index contributed by atoms with van der Waals surface area (Å²) in [6.07, 6.45) is 3.34. The summed E-state index contributed by atoms with van der Waals surface area (Å²) in [5.41, 5.74) is 0. The Balaban J connectivity index is 1.40. The topological polar surface area (TPSA) is 67.9 Å². The van der Waals surface area contributed by atoms with E-state index in [9.17, 15) is 0 Å². The normalized spacial score (nSPS) is 16.0. The first-order valence-corrected chi connectivity index (χ1v) is 7.62. The SMILES string of the molecule is c1cnc(-c2noc(C3CN(Cc4cccs4)C3)n2)nc1. The minimum atomic E-state index is 0.315. The lowest BCUT2D eigenvalue weighted by Crippen LogP contribution is -2.44. The Bertz CT molecular complexity index is 706. The van der Waals surface area contributed by atoms with Crippen LogP contribution in [0.1, 0.15) is 16.7 Å². The third kappa shape index (κ3) is 2.57. The molecule has 4 heterocycles. The largest absolute Gasteiger partial charge is 0.338 e. The molecule has 1 fully saturated rings. The molecule has 3 aromatic rings. The molecular formula is C14H13N5OS. The van der Waals surface area contributed by atoms with Gasteiger partial charge in [0, 0.05) is 36.9 Å². The average Bonchev–Trinajstić information content (AvgIpc) is 3.15. The van der Waals surface area contributed by atoms with Gasteiger partial charge in [-0.05, 0) is 17.5 Å². The summed E-state index contributed by atoms with van der Waals surface area (Å²) >= 11 is 1.79. The quantitative estimate of drug-likeness (QED) is 0.735. The number of likely N-dealkylation sites (tertiary alicyclic amines) is 1. The van der Waals surface area contributed by atoms with Gasteiger partial charge in [-0.3, -0.25) is 4.90 Å². The maximum atomic E-state index is 5.34. The van der Waals surface area contributed by atoms with Crippen molar-refractivity contribution in [2.75, 3.05) is 13.1 Å². The Morgan fingerprint density at radius 1 is 1.19 bits per heavy atom. The Labute approximate surface area is 125 Å². The minimum Gasteiger partial charge on any atom is -0.338 e. The Morgan fingerprint density at radius 2 is 2.05 bits per heavy atom. The maximum Gasteiger partial charge on any atom is 0.240 e. The van der Waals surface area contributed by atoms with Gasteiger partial charge in [0.15, 0.2) is 0 Å². The van der Waals surface area contributed by atoms with Crippen LogP contribution < -0.4 is 0 Å². The highest BCUT2D eigenvalue weighted by molar-refractivity contribution is 7.09. The van der Waals surface area contributed by atoms with Crippen molar-refractivity contribution < 1.29 is 4.52 Å². The van der Waals surface area contributed by atoms with Crippen molar-refractivity contribution in [2.24, 2.45) is 0 Å². The lowest BCUT2D eigenvalue weighted by molar-refractivity contribution is 0.118. The first kappa shape index (κ1) is 12.6. The van der Waals surface area contributed by atoms with Gasteiger partial charge in [0.2, 0.25) is 17.5 Å². The van der Waals surface area contributed by atoms with Gasteiger partial charge >= 0.3 is 0 Å². The smallest absolute Gasteiger partial charge is 0.240 e. The van der Waals surface area contributed by atoms with Crippen LogP contribution >= 0.6 is 11.3 Å². The summed E-state index contributed by atoms with van der Waals surface area (Å²) in [4.78, 5) is 16.4. The molecule has 0 aromatic carbocycles. The summed E-state index contributed by atoms with van der Waals surface area (Å²) in [6.45, 7) is 2.90. The maximum absolute atomic E-state index is 5.34. The molecule has 6 nitrogen and oxygen atoms in total. The van der Waals surface area contributed by atoms with Crippen molar-refractivity contribution in [3.8, 4) is 11.6 Å². The van der Waals surface area contributed by atoms with Gasteiger partial charge in [0.1, 0.15) is 0 Å². The summed E-state index contributed by atoms with van der Waals surface area (Å²) in [5, 5.41) is 6.07. The summed E-state index contributed by atoms with van der Waals surface area (Å²) in [5.74, 6) is 1.96. The monoisotopic (exact) mass is 299 g/mol. The molecule has 21 heavy (non-hydrogen) atoms. The van der Waals surface area contributed by atoms with Crippen molar-refractivity contribution in [3.63, 3.8) is 0 Å². The molecule has 7 heteroatoms. The van der Waals surface area contributed by atoms with Crippen LogP contribution in [0.2, 0.25) is 0 Å². The number of nitrogens with zero attached hydrogens (tertiary/aromatic N) is 5. The molecule has 1 saturated heterocycles. The molecule has 4 rings (SSSR count). The molecule has 3 aromatic heterocycles. The predicted octanol–water partition coefficient (Wildman–Crippen LogP) is 2.19. The van der Waals surface area contributed by atoms with Gasteiger partial charge in [-0.1, -0.05) is 11.2 Å². The zero-order valence-electron chi connectivity index (χ0n) is 11.2. The van der Waals surface area contributed by atoms with E-state index in [0.29, 0.717) is 23.5 Å². The van der Waals surface area contributed by atoms with Gasteiger partial charge in [0.25, 0.3) is 0 Å². The Kier molecular flexibility index (Phi) is 3.21. The molecule has 0 N–H and O–H groups in total. The zero-order valence-corrected chi connectivity index (χ0v) is 12.0. The fourth-order valence-electron chi connectivity index (χ4n) is 2.38. The number of aromatic nitrogens is 4. The second-order valence-corrected chi connectivity index (χ2v) is 6.03. The number of rotatable bonds is 4. The minimum absolute atomic E-state index is 0.315. The van der Waals surface area contributed by atoms with Crippen LogP contribution in [0.5, 0.6) is 0 Å². The van der Waals surface area contributed by atoms with Crippen LogP contribution in [0.4, 0.5) is 0 Å². The van der Waals surface area contributed by atoms with E-state index in [0.717, 1.165) is 19.6 Å². The van der Waals surface area contributed by atoms with E-state index in [2.05, 4.69) is 42.5 Å². The van der Waals surface area contributed by atoms with Crippen molar-refractivity contribution in [1.29, 1.82) is 0 Å². The average molecular weight is 299 g/mol. The molecule has 0 amide bonds. The van der Waals surface area contributed by atoms with Crippen molar-refractivity contribution in [1.82, 2.24) is 25.0 Å². The summed E-state index contributed by atoms with van der Waals surface area (Å²) in [6, 6.07) is 6.01. The molecule has 0 bridgehead atoms. The van der Waals surface area contributed by atoms with Crippen molar-refractivity contribution in [2.45, 2.75) is 12.5 Å².